The summed E-state index contributed by atoms with van der Waals surface area (Å²) >= 11 is 0. The molecule has 6 rings (SSSR count). The molecular weight excluding hydrogens is 797 g/mol. The molecule has 2 aliphatic carbocycles. The van der Waals surface area contributed by atoms with E-state index in [0.717, 1.165) is 30.6 Å². The van der Waals surface area contributed by atoms with Crippen LogP contribution in [-0.2, 0) is 28.3 Å². The van der Waals surface area contributed by atoms with Gasteiger partial charge in [-0.05, 0) is 98.5 Å². The van der Waals surface area contributed by atoms with Crippen LogP contribution in [0, 0.1) is 23.7 Å². The molecule has 0 spiro atoms. The SMILES string of the molecule is C[C@H]1C=C2C=C[C@H](C)[C@H](CC[C@@H]3C[C@@H](O[Si](C)(C)C(C)(C)C)CC(=O)O3)[C@H]2[C@@H](N(CCCOCCCCNc2cccc3c2C(=O)N(C2CCC(=O)NC2=O)C3=O)C(=O)O)C1. The number of cyclic esters (lactones) is 1. The zero-order valence-electron chi connectivity index (χ0n) is 37.0. The van der Waals surface area contributed by atoms with Gasteiger partial charge in [-0.15, -0.1) is 0 Å². The highest BCUT2D eigenvalue weighted by Gasteiger charge is 2.47. The molecule has 0 aromatic heterocycles. The summed E-state index contributed by atoms with van der Waals surface area (Å²) in [6, 6.07) is 3.79. The van der Waals surface area contributed by atoms with E-state index in [1.807, 2.05) is 0 Å². The van der Waals surface area contributed by atoms with Gasteiger partial charge in [0.1, 0.15) is 12.1 Å². The number of benzene rings is 1. The van der Waals surface area contributed by atoms with Crippen LogP contribution in [0.25, 0.3) is 0 Å². The number of anilines is 1. The average Bonchev–Trinajstić information content (AvgIpc) is 3.43. The number of nitrogens with one attached hydrogen (secondary N) is 2. The van der Waals surface area contributed by atoms with E-state index in [0.29, 0.717) is 51.3 Å². The number of rotatable bonds is 17. The Hall–Kier alpha value is -4.34. The predicted octanol–water partition coefficient (Wildman–Crippen LogP) is 7.32. The van der Waals surface area contributed by atoms with Crippen molar-refractivity contribution in [3.8, 4) is 0 Å². The van der Waals surface area contributed by atoms with E-state index in [2.05, 4.69) is 76.6 Å². The highest BCUT2D eigenvalue weighted by atomic mass is 28.4. The molecule has 14 nitrogen and oxygen atoms in total. The van der Waals surface area contributed by atoms with Crippen LogP contribution >= 0.6 is 0 Å². The normalized spacial score (nSPS) is 27.9. The van der Waals surface area contributed by atoms with E-state index in [-0.39, 0.29) is 83.3 Å². The third kappa shape index (κ3) is 10.7. The third-order valence-corrected chi connectivity index (χ3v) is 18.3. The molecule has 8 atom stereocenters. The van der Waals surface area contributed by atoms with Gasteiger partial charge in [-0.1, -0.05) is 58.9 Å². The minimum Gasteiger partial charge on any atom is -0.465 e. The molecule has 0 bridgehead atoms. The minimum absolute atomic E-state index is 0.0392. The van der Waals surface area contributed by atoms with Crippen molar-refractivity contribution in [1.29, 1.82) is 0 Å². The maximum Gasteiger partial charge on any atom is 0.407 e. The second kappa shape index (κ2) is 19.4. The first kappa shape index (κ1) is 46.2. The van der Waals surface area contributed by atoms with E-state index in [1.54, 1.807) is 23.1 Å². The number of carboxylic acid groups (broad SMARTS) is 1. The summed E-state index contributed by atoms with van der Waals surface area (Å²) < 4.78 is 18.5. The Morgan fingerprint density at radius 1 is 1.03 bits per heavy atom. The van der Waals surface area contributed by atoms with Gasteiger partial charge in [0.25, 0.3) is 11.8 Å². The lowest BCUT2D eigenvalue weighted by molar-refractivity contribution is -0.160. The summed E-state index contributed by atoms with van der Waals surface area (Å²) in [6.07, 6.45) is 10.8. The molecule has 61 heavy (non-hydrogen) atoms. The number of imide groups is 2. The zero-order valence-corrected chi connectivity index (χ0v) is 38.0. The maximum absolute atomic E-state index is 13.4. The average molecular weight is 863 g/mol. The smallest absolute Gasteiger partial charge is 0.407 e. The van der Waals surface area contributed by atoms with Crippen LogP contribution in [0.5, 0.6) is 0 Å². The number of hydrogen-bond donors (Lipinski definition) is 3. The van der Waals surface area contributed by atoms with Crippen LogP contribution < -0.4 is 10.6 Å². The molecule has 5 aliphatic rings. The van der Waals surface area contributed by atoms with Crippen molar-refractivity contribution in [1.82, 2.24) is 15.1 Å². The third-order valence-electron chi connectivity index (χ3n) is 13.8. The fourth-order valence-corrected chi connectivity index (χ4v) is 11.0. The van der Waals surface area contributed by atoms with Gasteiger partial charge in [-0.2, -0.15) is 0 Å². The number of fused-ring (bicyclic) bond motifs is 2. The van der Waals surface area contributed by atoms with Crippen LogP contribution in [0.4, 0.5) is 10.5 Å². The fourth-order valence-electron chi connectivity index (χ4n) is 9.59. The molecule has 5 amide bonds. The van der Waals surface area contributed by atoms with E-state index < -0.39 is 44.1 Å². The highest BCUT2D eigenvalue weighted by molar-refractivity contribution is 6.74. The van der Waals surface area contributed by atoms with Crippen LogP contribution in [0.3, 0.4) is 0 Å². The molecule has 15 heteroatoms. The summed E-state index contributed by atoms with van der Waals surface area (Å²) in [5, 5.41) is 16.1. The Morgan fingerprint density at radius 3 is 2.51 bits per heavy atom. The molecule has 2 saturated heterocycles. The molecule has 0 radical (unpaired) electrons. The van der Waals surface area contributed by atoms with Gasteiger partial charge in [0.05, 0.1) is 23.7 Å². The van der Waals surface area contributed by atoms with Crippen molar-refractivity contribution in [3.05, 3.63) is 53.1 Å². The van der Waals surface area contributed by atoms with E-state index in [1.165, 1.54) is 5.57 Å². The molecule has 0 saturated carbocycles. The van der Waals surface area contributed by atoms with Crippen molar-refractivity contribution in [2.45, 2.75) is 141 Å². The van der Waals surface area contributed by atoms with Crippen LogP contribution in [0.2, 0.25) is 18.1 Å². The lowest BCUT2D eigenvalue weighted by Gasteiger charge is -2.47. The van der Waals surface area contributed by atoms with Crippen molar-refractivity contribution in [2.75, 3.05) is 31.6 Å². The van der Waals surface area contributed by atoms with Crippen molar-refractivity contribution in [3.63, 3.8) is 0 Å². The van der Waals surface area contributed by atoms with Gasteiger partial charge >= 0.3 is 12.1 Å². The molecular formula is C46H66N4O10Si. The monoisotopic (exact) mass is 862 g/mol. The first-order chi connectivity index (χ1) is 28.9. The molecule has 3 heterocycles. The van der Waals surface area contributed by atoms with E-state index >= 15 is 0 Å². The van der Waals surface area contributed by atoms with E-state index in [9.17, 15) is 33.9 Å². The molecule has 2 fully saturated rings. The number of allylic oxidation sites excluding steroid dienone is 3. The van der Waals surface area contributed by atoms with Gasteiger partial charge in [0, 0.05) is 56.8 Å². The Morgan fingerprint density at radius 2 is 1.79 bits per heavy atom. The number of carbonyl (C=O) groups is 6. The quantitative estimate of drug-likeness (QED) is 0.0618. The number of piperidine rings is 1. The number of hydrogen-bond acceptors (Lipinski definition) is 10. The number of amides is 5. The summed E-state index contributed by atoms with van der Waals surface area (Å²) in [5.74, 6) is -1.66. The number of nitrogens with zero attached hydrogens (tertiary/aromatic N) is 2. The minimum atomic E-state index is -2.06. The Labute approximate surface area is 361 Å². The Bertz CT molecular complexity index is 1910. The largest absolute Gasteiger partial charge is 0.465 e. The topological polar surface area (TPSA) is 181 Å². The maximum atomic E-state index is 13.4. The fraction of sp³-hybridized carbons (Fsp3) is 0.652. The first-order valence-electron chi connectivity index (χ1n) is 22.3. The molecule has 3 aliphatic heterocycles. The van der Waals surface area contributed by atoms with E-state index in [4.69, 9.17) is 13.9 Å². The second-order valence-electron chi connectivity index (χ2n) is 19.2. The standard InChI is InChI=1S/C46H66N4O10Si/c1-28-24-30-15-14-29(2)33(17-16-31-26-32(27-39(52)59-31)60-61(6,7)46(3,4)5)40(30)37(25-28)49(45(56)57)21-11-23-58-22-9-8-20-47-35-13-10-12-34-41(35)44(55)50(43(34)54)36-18-19-38(51)48-42(36)53/h10,12-15,24,28-29,31-33,36-37,40,47H,8-9,11,16-23,25-27H2,1-7H3,(H,56,57)(H,48,51,53)/t28-,29-,31+,32+,33-,36?,37-,40-/m0/s1. The predicted molar refractivity (Wildman–Crippen MR) is 232 cm³/mol. The summed E-state index contributed by atoms with van der Waals surface area (Å²) in [6.45, 7) is 17.2. The Balaban J connectivity index is 0.972. The van der Waals surface area contributed by atoms with Crippen LogP contribution in [0.1, 0.15) is 120 Å². The lowest BCUT2D eigenvalue weighted by Crippen LogP contribution is -2.54. The second-order valence-corrected chi connectivity index (χ2v) is 24.0. The van der Waals surface area contributed by atoms with Gasteiger partial charge in [-0.25, -0.2) is 4.79 Å². The molecule has 1 aromatic rings. The molecule has 1 aromatic carbocycles. The van der Waals surface area contributed by atoms with Crippen molar-refractivity contribution < 1.29 is 47.8 Å². The first-order valence-corrected chi connectivity index (χ1v) is 25.2. The molecule has 3 N–H and O–H groups in total. The number of carbonyl (C=O) groups excluding carboxylic acids is 5. The highest BCUT2D eigenvalue weighted by Crippen LogP contribution is 2.46. The summed E-state index contributed by atoms with van der Waals surface area (Å²) in [7, 11) is -2.06. The number of unbranched alkanes of at least 4 members (excludes halogenated alkanes) is 1. The summed E-state index contributed by atoms with van der Waals surface area (Å²) in [4.78, 5) is 78.9. The zero-order chi connectivity index (χ0) is 44.2. The van der Waals surface area contributed by atoms with Crippen LogP contribution in [0.15, 0.2) is 42.0 Å². The molecule has 1 unspecified atom stereocenters. The summed E-state index contributed by atoms with van der Waals surface area (Å²) in [5.41, 5.74) is 2.17. The van der Waals surface area contributed by atoms with Crippen molar-refractivity contribution in [2.24, 2.45) is 23.7 Å². The lowest BCUT2D eigenvalue weighted by atomic mass is 9.64. The van der Waals surface area contributed by atoms with Crippen molar-refractivity contribution >= 4 is 49.7 Å². The van der Waals surface area contributed by atoms with Gasteiger partial charge in [0.15, 0.2) is 8.32 Å². The van der Waals surface area contributed by atoms with Gasteiger partial charge in [0.2, 0.25) is 11.8 Å². The Kier molecular flexibility index (Phi) is 14.7. The van der Waals surface area contributed by atoms with Gasteiger partial charge < -0.3 is 29.2 Å². The number of esters is 1. The van der Waals surface area contributed by atoms with Crippen LogP contribution in [-0.4, -0.2) is 110 Å². The molecule has 334 valence electrons. The number of ether oxygens (including phenoxy) is 2. The van der Waals surface area contributed by atoms with Gasteiger partial charge in [-0.3, -0.25) is 34.2 Å².